The van der Waals surface area contributed by atoms with E-state index in [1.165, 1.54) is 31.5 Å². The maximum absolute atomic E-state index is 12.7. The van der Waals surface area contributed by atoms with Crippen molar-refractivity contribution in [2.24, 2.45) is 0 Å². The zero-order valence-electron chi connectivity index (χ0n) is 20.7. The largest absolute Gasteiger partial charge is 0.480 e. The average Bonchev–Trinajstić information content (AvgIpc) is 2.86. The first-order valence-corrected chi connectivity index (χ1v) is 14.7. The minimum Gasteiger partial charge on any atom is -0.480 e. The number of sulfone groups is 1. The number of nitrogens with zero attached hydrogens (tertiary/aromatic N) is 2. The van der Waals surface area contributed by atoms with Gasteiger partial charge in [0.1, 0.15) is 11.5 Å². The van der Waals surface area contributed by atoms with Gasteiger partial charge in [0.2, 0.25) is 15.9 Å². The molecule has 0 atom stereocenters. The lowest BCUT2D eigenvalue weighted by Gasteiger charge is -2.14. The molecule has 0 amide bonds. The number of pyridine rings is 2. The number of rotatable bonds is 8. The Hall–Kier alpha value is -3.91. The molecule has 0 aliphatic carbocycles. The number of sulfonamides is 1. The van der Waals surface area contributed by atoms with Crippen molar-refractivity contribution in [3.63, 3.8) is 0 Å². The van der Waals surface area contributed by atoms with Crippen LogP contribution in [-0.4, -0.2) is 51.6 Å². The second-order valence-electron chi connectivity index (χ2n) is 8.51. The molecular weight excluding hydrogens is 557 g/mol. The van der Waals surface area contributed by atoms with E-state index >= 15 is 0 Å². The summed E-state index contributed by atoms with van der Waals surface area (Å²) in [5.41, 5.74) is 8.65. The highest BCUT2D eigenvalue weighted by atomic mass is 32.2. The molecule has 0 saturated heterocycles. The van der Waals surface area contributed by atoms with Crippen LogP contribution in [0, 0.1) is 0 Å². The van der Waals surface area contributed by atoms with Crippen LogP contribution in [0.1, 0.15) is 6.92 Å². The van der Waals surface area contributed by atoms with Gasteiger partial charge in [0.05, 0.1) is 23.3 Å². The minimum atomic E-state index is -4.93. The topological polar surface area (TPSA) is 141 Å². The Morgan fingerprint density at radius 1 is 0.949 bits per heavy atom. The molecule has 0 spiro atoms. The van der Waals surface area contributed by atoms with Gasteiger partial charge in [-0.15, -0.1) is 0 Å². The molecule has 9 nitrogen and oxygen atoms in total. The predicted molar refractivity (Wildman–Crippen MR) is 143 cm³/mol. The number of nitrogens with one attached hydrogen (secondary N) is 1. The SMILES string of the molecule is CCS(=O)(=O)c1ccc(-c2cc3cc(-c4cnc(OC)c(NS(=O)(=O)CC(F)(F)F)c4)ccc3nc2N)cc1. The molecule has 0 fully saturated rings. The summed E-state index contributed by atoms with van der Waals surface area (Å²) in [4.78, 5) is 8.65. The van der Waals surface area contributed by atoms with Crippen LogP contribution >= 0.6 is 0 Å². The standard InChI is InChI=1S/C25H23F3N4O5S2/c1-3-38(33,34)19-7-4-15(5-8-19)20-11-17-10-16(6-9-21(17)31-23(20)29)18-12-22(24(37-2)30-13-18)32-39(35,36)14-25(26,27)28/h4-13,32H,3,14H2,1-2H3,(H2,29,31). The molecule has 0 unspecified atom stereocenters. The summed E-state index contributed by atoms with van der Waals surface area (Å²) >= 11 is 0. The maximum atomic E-state index is 12.7. The van der Waals surface area contributed by atoms with Gasteiger partial charge < -0.3 is 10.5 Å². The first-order valence-electron chi connectivity index (χ1n) is 11.4. The number of benzene rings is 2. The Bertz CT molecular complexity index is 1760. The van der Waals surface area contributed by atoms with Crippen molar-refractivity contribution in [3.05, 3.63) is 60.8 Å². The fourth-order valence-electron chi connectivity index (χ4n) is 3.88. The lowest BCUT2D eigenvalue weighted by molar-refractivity contribution is -0.106. The van der Waals surface area contributed by atoms with Gasteiger partial charge in [-0.2, -0.15) is 13.2 Å². The average molecular weight is 581 g/mol. The van der Waals surface area contributed by atoms with Crippen LogP contribution in [0.25, 0.3) is 33.2 Å². The molecule has 4 rings (SSSR count). The van der Waals surface area contributed by atoms with Gasteiger partial charge in [0, 0.05) is 22.7 Å². The number of alkyl halides is 3. The Balaban J connectivity index is 1.73. The zero-order valence-corrected chi connectivity index (χ0v) is 22.3. The number of nitrogen functional groups attached to an aromatic ring is 1. The van der Waals surface area contributed by atoms with Gasteiger partial charge in [-0.25, -0.2) is 26.8 Å². The molecule has 4 aromatic rings. The third-order valence-corrected chi connectivity index (χ3v) is 8.73. The number of hydrogen-bond donors (Lipinski definition) is 2. The predicted octanol–water partition coefficient (Wildman–Crippen LogP) is 4.65. The highest BCUT2D eigenvalue weighted by Gasteiger charge is 2.35. The van der Waals surface area contributed by atoms with Gasteiger partial charge in [-0.3, -0.25) is 4.72 Å². The van der Waals surface area contributed by atoms with Crippen LogP contribution in [0.4, 0.5) is 24.7 Å². The van der Waals surface area contributed by atoms with E-state index in [1.807, 2.05) is 4.72 Å². The van der Waals surface area contributed by atoms with E-state index in [1.54, 1.807) is 43.3 Å². The third kappa shape index (κ3) is 6.40. The fraction of sp³-hybridized carbons (Fsp3) is 0.200. The molecule has 0 saturated carbocycles. The van der Waals surface area contributed by atoms with Gasteiger partial charge in [-0.05, 0) is 47.5 Å². The maximum Gasteiger partial charge on any atom is 0.404 e. The van der Waals surface area contributed by atoms with E-state index in [-0.39, 0.29) is 28.0 Å². The fourth-order valence-corrected chi connectivity index (χ4v) is 5.74. The minimum absolute atomic E-state index is 0.0273. The molecule has 0 aliphatic heterocycles. The first kappa shape index (κ1) is 28.1. The van der Waals surface area contributed by atoms with Crippen LogP contribution in [0.15, 0.2) is 65.7 Å². The van der Waals surface area contributed by atoms with E-state index in [2.05, 4.69) is 9.97 Å². The Morgan fingerprint density at radius 3 is 2.23 bits per heavy atom. The van der Waals surface area contributed by atoms with Crippen LogP contribution in [0.5, 0.6) is 5.88 Å². The van der Waals surface area contributed by atoms with Crippen LogP contribution in [0.3, 0.4) is 0 Å². The highest BCUT2D eigenvalue weighted by Crippen LogP contribution is 2.34. The Kier molecular flexibility index (Phi) is 7.45. The van der Waals surface area contributed by atoms with E-state index < -0.39 is 31.8 Å². The van der Waals surface area contributed by atoms with Crippen LogP contribution in [0.2, 0.25) is 0 Å². The molecule has 39 heavy (non-hydrogen) atoms. The van der Waals surface area contributed by atoms with Crippen LogP contribution < -0.4 is 15.2 Å². The normalized spacial score (nSPS) is 12.4. The summed E-state index contributed by atoms with van der Waals surface area (Å²) in [5, 5.41) is 0.650. The monoisotopic (exact) mass is 580 g/mol. The number of halogens is 3. The van der Waals surface area contributed by atoms with Crippen molar-refractivity contribution in [2.75, 3.05) is 29.1 Å². The number of nitrogens with two attached hydrogens (primary N) is 1. The lowest BCUT2D eigenvalue weighted by atomic mass is 10.0. The van der Waals surface area contributed by atoms with Crippen molar-refractivity contribution in [3.8, 4) is 28.1 Å². The van der Waals surface area contributed by atoms with Crippen molar-refractivity contribution < 1.29 is 34.7 Å². The van der Waals surface area contributed by atoms with Gasteiger partial charge >= 0.3 is 6.18 Å². The van der Waals surface area contributed by atoms with E-state index in [9.17, 15) is 30.0 Å². The molecular formula is C25H23F3N4O5S2. The highest BCUT2D eigenvalue weighted by molar-refractivity contribution is 7.92. The molecule has 14 heteroatoms. The quantitative estimate of drug-likeness (QED) is 0.307. The van der Waals surface area contributed by atoms with Crippen molar-refractivity contribution in [2.45, 2.75) is 18.0 Å². The first-order chi connectivity index (χ1) is 18.2. The van der Waals surface area contributed by atoms with E-state index in [4.69, 9.17) is 10.5 Å². The number of fused-ring (bicyclic) bond motifs is 1. The number of aromatic nitrogens is 2. The number of anilines is 2. The van der Waals surface area contributed by atoms with Gasteiger partial charge in [0.25, 0.3) is 0 Å². The Morgan fingerprint density at radius 2 is 1.62 bits per heavy atom. The third-order valence-electron chi connectivity index (χ3n) is 5.75. The second-order valence-corrected chi connectivity index (χ2v) is 12.5. The molecule has 0 bridgehead atoms. The van der Waals surface area contributed by atoms with E-state index in [0.717, 1.165) is 0 Å². The lowest BCUT2D eigenvalue weighted by Crippen LogP contribution is -2.28. The molecule has 0 radical (unpaired) electrons. The summed E-state index contributed by atoms with van der Waals surface area (Å²) in [7, 11) is -6.93. The molecule has 2 heterocycles. The van der Waals surface area contributed by atoms with Crippen molar-refractivity contribution >= 4 is 42.3 Å². The van der Waals surface area contributed by atoms with Crippen molar-refractivity contribution in [1.82, 2.24) is 9.97 Å². The molecule has 2 aromatic heterocycles. The molecule has 206 valence electrons. The second kappa shape index (κ2) is 10.3. The number of hydrogen-bond acceptors (Lipinski definition) is 8. The van der Waals surface area contributed by atoms with Gasteiger partial charge in [-0.1, -0.05) is 25.1 Å². The summed E-state index contributed by atoms with van der Waals surface area (Å²) in [6, 6.07) is 14.5. The zero-order chi connectivity index (χ0) is 28.6. The molecule has 3 N–H and O–H groups in total. The van der Waals surface area contributed by atoms with Crippen molar-refractivity contribution in [1.29, 1.82) is 0 Å². The summed E-state index contributed by atoms with van der Waals surface area (Å²) in [6.07, 6.45) is -3.54. The molecule has 2 aromatic carbocycles. The van der Waals surface area contributed by atoms with Gasteiger partial charge in [0.15, 0.2) is 15.6 Å². The molecule has 0 aliphatic rings. The summed E-state index contributed by atoms with van der Waals surface area (Å²) in [6.45, 7) is 1.56. The Labute approximate surface area is 222 Å². The smallest absolute Gasteiger partial charge is 0.404 e. The summed E-state index contributed by atoms with van der Waals surface area (Å²) in [5.74, 6) is -2.06. The van der Waals surface area contributed by atoms with E-state index in [0.29, 0.717) is 33.2 Å². The summed E-state index contributed by atoms with van der Waals surface area (Å²) < 4.78 is 93.3. The number of ether oxygens (including phenoxy) is 1. The van der Waals surface area contributed by atoms with Crippen LogP contribution in [-0.2, 0) is 19.9 Å². The number of methoxy groups -OCH3 is 1.